The molecule has 2 aromatic rings. The topological polar surface area (TPSA) is 74.8 Å². The molecule has 0 aliphatic carbocycles. The number of hydrogen-bond donors (Lipinski definition) is 3. The number of amides is 1. The number of carbonyl (C=O) groups is 1. The lowest BCUT2D eigenvalue weighted by molar-refractivity contribution is -0.274. The molecular formula is C21H26F3IN4O2. The summed E-state index contributed by atoms with van der Waals surface area (Å²) < 4.78 is 41.7. The molecule has 0 heterocycles. The fraction of sp³-hybridized carbons (Fsp3) is 0.333. The number of nitrogens with zero attached hydrogens (tertiary/aromatic N) is 1. The quantitative estimate of drug-likeness (QED) is 0.262. The van der Waals surface area contributed by atoms with Crippen LogP contribution in [0, 0.1) is 0 Å². The summed E-state index contributed by atoms with van der Waals surface area (Å²) >= 11 is 0. The van der Waals surface area contributed by atoms with E-state index in [0.717, 1.165) is 12.0 Å². The number of hydrogen-bond acceptors (Lipinski definition) is 3. The number of rotatable bonds is 8. The molecule has 1 amide bonds. The highest BCUT2D eigenvalue weighted by Gasteiger charge is 2.31. The molecule has 0 spiro atoms. The van der Waals surface area contributed by atoms with Crippen molar-refractivity contribution in [3.63, 3.8) is 0 Å². The van der Waals surface area contributed by atoms with E-state index in [0.29, 0.717) is 30.2 Å². The Morgan fingerprint density at radius 1 is 1.03 bits per heavy atom. The van der Waals surface area contributed by atoms with Gasteiger partial charge in [0.05, 0.1) is 0 Å². The van der Waals surface area contributed by atoms with Crippen molar-refractivity contribution in [2.24, 2.45) is 4.99 Å². The van der Waals surface area contributed by atoms with Crippen molar-refractivity contribution in [1.29, 1.82) is 0 Å². The van der Waals surface area contributed by atoms with Gasteiger partial charge in [-0.25, -0.2) is 0 Å². The molecule has 31 heavy (non-hydrogen) atoms. The number of carbonyl (C=O) groups excluding carboxylic acids is 1. The zero-order chi connectivity index (χ0) is 22.0. The number of para-hydroxylation sites is 1. The zero-order valence-corrected chi connectivity index (χ0v) is 19.6. The van der Waals surface area contributed by atoms with Gasteiger partial charge >= 0.3 is 6.36 Å². The number of nitrogens with one attached hydrogen (secondary N) is 3. The summed E-state index contributed by atoms with van der Waals surface area (Å²) in [5.74, 6) is -0.00104. The Labute approximate surface area is 196 Å². The Balaban J connectivity index is 0.00000480. The number of ether oxygens (including phenoxy) is 1. The first-order valence-corrected chi connectivity index (χ1v) is 9.47. The Hall–Kier alpha value is -2.50. The third-order valence-corrected chi connectivity index (χ3v) is 4.05. The van der Waals surface area contributed by atoms with E-state index in [1.54, 1.807) is 37.4 Å². The Morgan fingerprint density at radius 2 is 1.74 bits per heavy atom. The molecule has 0 aliphatic heterocycles. The molecule has 10 heteroatoms. The minimum Gasteiger partial charge on any atom is -0.405 e. The van der Waals surface area contributed by atoms with Gasteiger partial charge < -0.3 is 20.7 Å². The van der Waals surface area contributed by atoms with Crippen LogP contribution >= 0.6 is 24.0 Å². The summed E-state index contributed by atoms with van der Waals surface area (Å²) in [6, 6.07) is 13.1. The summed E-state index contributed by atoms with van der Waals surface area (Å²) in [7, 11) is 1.56. The van der Waals surface area contributed by atoms with Crippen LogP contribution in [0.25, 0.3) is 0 Å². The highest BCUT2D eigenvalue weighted by molar-refractivity contribution is 14.0. The van der Waals surface area contributed by atoms with Crippen molar-refractivity contribution >= 4 is 35.8 Å². The number of alkyl halides is 3. The summed E-state index contributed by atoms with van der Waals surface area (Å²) in [6.45, 7) is 3.06. The van der Waals surface area contributed by atoms with Gasteiger partial charge in [-0.1, -0.05) is 37.3 Å². The van der Waals surface area contributed by atoms with Gasteiger partial charge in [0, 0.05) is 37.8 Å². The molecule has 0 saturated carbocycles. The van der Waals surface area contributed by atoms with Crippen LogP contribution in [0.5, 0.6) is 5.75 Å². The van der Waals surface area contributed by atoms with Crippen LogP contribution in [-0.2, 0) is 13.1 Å². The first-order chi connectivity index (χ1) is 14.3. The van der Waals surface area contributed by atoms with E-state index in [1.807, 2.05) is 13.0 Å². The maximum absolute atomic E-state index is 12.5. The minimum absolute atomic E-state index is 0. The first-order valence-electron chi connectivity index (χ1n) is 9.47. The zero-order valence-electron chi connectivity index (χ0n) is 17.3. The second kappa shape index (κ2) is 13.0. The Bertz CT molecular complexity index is 876. The van der Waals surface area contributed by atoms with Crippen LogP contribution in [0.15, 0.2) is 53.5 Å². The van der Waals surface area contributed by atoms with Gasteiger partial charge in [0.15, 0.2) is 5.96 Å². The summed E-state index contributed by atoms with van der Waals surface area (Å²) in [5.41, 5.74) is 1.76. The SMILES string of the molecule is CCCNC(=O)c1cccc(CNC(=NC)NCc2ccccc2OC(F)(F)F)c1.I. The highest BCUT2D eigenvalue weighted by Crippen LogP contribution is 2.26. The van der Waals surface area contributed by atoms with Crippen molar-refractivity contribution in [1.82, 2.24) is 16.0 Å². The molecule has 6 nitrogen and oxygen atoms in total. The van der Waals surface area contributed by atoms with E-state index >= 15 is 0 Å². The summed E-state index contributed by atoms with van der Waals surface area (Å²) in [6.07, 6.45) is -3.91. The molecule has 0 unspecified atom stereocenters. The average molecular weight is 550 g/mol. The smallest absolute Gasteiger partial charge is 0.405 e. The molecule has 0 fully saturated rings. The standard InChI is InChI=1S/C21H25F3N4O2.HI/c1-3-11-26-19(29)16-9-6-7-15(12-16)13-27-20(25-2)28-14-17-8-4-5-10-18(17)30-21(22,23)24;/h4-10,12H,3,11,13-14H2,1-2H3,(H,26,29)(H2,25,27,28);1H. The second-order valence-electron chi connectivity index (χ2n) is 6.39. The van der Waals surface area contributed by atoms with Crippen LogP contribution in [0.3, 0.4) is 0 Å². The highest BCUT2D eigenvalue weighted by atomic mass is 127. The van der Waals surface area contributed by atoms with Crippen molar-refractivity contribution in [2.45, 2.75) is 32.8 Å². The fourth-order valence-corrected chi connectivity index (χ4v) is 2.62. The monoisotopic (exact) mass is 550 g/mol. The van der Waals surface area contributed by atoms with Crippen LogP contribution < -0.4 is 20.7 Å². The number of benzene rings is 2. The van der Waals surface area contributed by atoms with Gasteiger partial charge in [0.2, 0.25) is 0 Å². The minimum atomic E-state index is -4.76. The largest absolute Gasteiger partial charge is 0.573 e. The lowest BCUT2D eigenvalue weighted by Gasteiger charge is -2.16. The first kappa shape index (κ1) is 26.5. The molecule has 2 rings (SSSR count). The maximum atomic E-state index is 12.5. The normalized spacial score (nSPS) is 11.3. The summed E-state index contributed by atoms with van der Waals surface area (Å²) in [4.78, 5) is 16.2. The van der Waals surface area contributed by atoms with E-state index in [4.69, 9.17) is 0 Å². The van der Waals surface area contributed by atoms with Gasteiger partial charge in [0.1, 0.15) is 5.75 Å². The fourth-order valence-electron chi connectivity index (χ4n) is 2.62. The Kier molecular flexibility index (Phi) is 11.2. The predicted molar refractivity (Wildman–Crippen MR) is 125 cm³/mol. The molecule has 0 aromatic heterocycles. The number of aliphatic imine (C=N–C) groups is 1. The van der Waals surface area contributed by atoms with Crippen molar-refractivity contribution in [3.05, 3.63) is 65.2 Å². The molecule has 0 bridgehead atoms. The van der Waals surface area contributed by atoms with Crippen LogP contribution in [-0.4, -0.2) is 31.8 Å². The van der Waals surface area contributed by atoms with E-state index in [2.05, 4.69) is 25.7 Å². The third-order valence-electron chi connectivity index (χ3n) is 4.05. The molecule has 0 aliphatic rings. The van der Waals surface area contributed by atoms with Crippen molar-refractivity contribution in [2.75, 3.05) is 13.6 Å². The van der Waals surface area contributed by atoms with Crippen molar-refractivity contribution in [3.8, 4) is 5.75 Å². The predicted octanol–water partition coefficient (Wildman–Crippen LogP) is 4.21. The van der Waals surface area contributed by atoms with Gasteiger partial charge in [-0.3, -0.25) is 9.79 Å². The lowest BCUT2D eigenvalue weighted by Crippen LogP contribution is -2.36. The number of guanidine groups is 1. The van der Waals surface area contributed by atoms with E-state index in [1.165, 1.54) is 12.1 Å². The van der Waals surface area contributed by atoms with Gasteiger partial charge in [-0.15, -0.1) is 37.1 Å². The molecule has 0 atom stereocenters. The van der Waals surface area contributed by atoms with E-state index in [9.17, 15) is 18.0 Å². The number of halogens is 4. The van der Waals surface area contributed by atoms with Gasteiger partial charge in [-0.05, 0) is 30.2 Å². The molecular weight excluding hydrogens is 524 g/mol. The second-order valence-corrected chi connectivity index (χ2v) is 6.39. The average Bonchev–Trinajstić information content (AvgIpc) is 2.72. The summed E-state index contributed by atoms with van der Waals surface area (Å²) in [5, 5.41) is 8.86. The van der Waals surface area contributed by atoms with Crippen LogP contribution in [0.2, 0.25) is 0 Å². The maximum Gasteiger partial charge on any atom is 0.573 e. The molecule has 0 radical (unpaired) electrons. The van der Waals surface area contributed by atoms with E-state index < -0.39 is 6.36 Å². The van der Waals surface area contributed by atoms with Crippen LogP contribution in [0.1, 0.15) is 34.8 Å². The molecule has 2 aromatic carbocycles. The van der Waals surface area contributed by atoms with Crippen LogP contribution in [0.4, 0.5) is 13.2 Å². The lowest BCUT2D eigenvalue weighted by atomic mass is 10.1. The van der Waals surface area contributed by atoms with E-state index in [-0.39, 0.29) is 42.2 Å². The Morgan fingerprint density at radius 3 is 2.42 bits per heavy atom. The van der Waals surface area contributed by atoms with Gasteiger partial charge in [0.25, 0.3) is 5.91 Å². The molecule has 0 saturated heterocycles. The third kappa shape index (κ3) is 9.45. The molecule has 3 N–H and O–H groups in total. The molecule has 170 valence electrons. The van der Waals surface area contributed by atoms with Gasteiger partial charge in [-0.2, -0.15) is 0 Å². The van der Waals surface area contributed by atoms with Crippen molar-refractivity contribution < 1.29 is 22.7 Å².